The minimum Gasteiger partial charge on any atom is -0.352 e. The lowest BCUT2D eigenvalue weighted by atomic mass is 10.3. The molecule has 2 rings (SSSR count). The average Bonchev–Trinajstić information content (AvgIpc) is 3.06. The normalized spacial score (nSPS) is 12.1. The number of rotatable bonds is 6. The Kier molecular flexibility index (Phi) is 4.76. The molecule has 1 atom stereocenters. The van der Waals surface area contributed by atoms with Gasteiger partial charge in [-0.2, -0.15) is 10.2 Å². The molecule has 1 N–H and O–H groups in total. The van der Waals surface area contributed by atoms with E-state index in [0.717, 1.165) is 0 Å². The third-order valence-corrected chi connectivity index (χ3v) is 3.47. The average molecular weight is 327 g/mol. The number of nitrogens with one attached hydrogen (secondary N) is 1. The van der Waals surface area contributed by atoms with E-state index >= 15 is 0 Å². The van der Waals surface area contributed by atoms with Crippen molar-refractivity contribution in [3.63, 3.8) is 0 Å². The lowest BCUT2D eigenvalue weighted by Crippen LogP contribution is -2.33. The molecule has 0 saturated heterocycles. The van der Waals surface area contributed by atoms with Crippen molar-refractivity contribution in [3.8, 4) is 0 Å². The first-order chi connectivity index (χ1) is 10.4. The zero-order valence-electron chi connectivity index (χ0n) is 12.1. The van der Waals surface area contributed by atoms with Gasteiger partial charge in [0.05, 0.1) is 22.2 Å². The van der Waals surface area contributed by atoms with Crippen LogP contribution in [0.3, 0.4) is 0 Å². The summed E-state index contributed by atoms with van der Waals surface area (Å²) in [4.78, 5) is 22.0. The fourth-order valence-electron chi connectivity index (χ4n) is 1.79. The first-order valence-electron chi connectivity index (χ1n) is 6.54. The van der Waals surface area contributed by atoms with Gasteiger partial charge in [-0.15, -0.1) is 0 Å². The predicted octanol–water partition coefficient (Wildman–Crippen LogP) is 1.33. The SMILES string of the molecule is Cc1nn([C@H](C)C(=O)NCCn2cc([N+](=O)[O-])cn2)cc1Cl. The Balaban J connectivity index is 1.85. The summed E-state index contributed by atoms with van der Waals surface area (Å²) in [5.74, 6) is -0.221. The van der Waals surface area contributed by atoms with Crippen molar-refractivity contribution in [2.24, 2.45) is 0 Å². The second kappa shape index (κ2) is 6.56. The molecule has 0 spiro atoms. The Morgan fingerprint density at radius 3 is 2.82 bits per heavy atom. The lowest BCUT2D eigenvalue weighted by Gasteiger charge is -2.12. The van der Waals surface area contributed by atoms with E-state index < -0.39 is 11.0 Å². The highest BCUT2D eigenvalue weighted by atomic mass is 35.5. The molecule has 0 saturated carbocycles. The smallest absolute Gasteiger partial charge is 0.306 e. The van der Waals surface area contributed by atoms with Gasteiger partial charge in [0.15, 0.2) is 0 Å². The van der Waals surface area contributed by atoms with E-state index in [0.29, 0.717) is 23.8 Å². The summed E-state index contributed by atoms with van der Waals surface area (Å²) in [6, 6.07) is -0.502. The molecule has 1 amide bonds. The molecule has 0 fully saturated rings. The van der Waals surface area contributed by atoms with E-state index in [9.17, 15) is 14.9 Å². The minimum atomic E-state index is -0.520. The van der Waals surface area contributed by atoms with Gasteiger partial charge in [0, 0.05) is 12.7 Å². The number of aromatic nitrogens is 4. The van der Waals surface area contributed by atoms with Gasteiger partial charge < -0.3 is 5.32 Å². The van der Waals surface area contributed by atoms with Crippen molar-refractivity contribution >= 4 is 23.2 Å². The largest absolute Gasteiger partial charge is 0.352 e. The van der Waals surface area contributed by atoms with Crippen molar-refractivity contribution < 1.29 is 9.72 Å². The number of hydrogen-bond donors (Lipinski definition) is 1. The van der Waals surface area contributed by atoms with Gasteiger partial charge >= 0.3 is 5.69 Å². The van der Waals surface area contributed by atoms with E-state index in [1.54, 1.807) is 20.0 Å². The molecule has 2 aromatic rings. The molecule has 0 aliphatic carbocycles. The number of carbonyl (C=O) groups excluding carboxylic acids is 1. The monoisotopic (exact) mass is 326 g/mol. The molecule has 22 heavy (non-hydrogen) atoms. The topological polar surface area (TPSA) is 108 Å². The molecular weight excluding hydrogens is 312 g/mol. The summed E-state index contributed by atoms with van der Waals surface area (Å²) in [6.45, 7) is 4.10. The van der Waals surface area contributed by atoms with Gasteiger partial charge in [-0.05, 0) is 13.8 Å². The highest BCUT2D eigenvalue weighted by molar-refractivity contribution is 6.31. The molecule has 0 aliphatic rings. The summed E-state index contributed by atoms with van der Waals surface area (Å²) >= 11 is 5.91. The molecule has 0 bridgehead atoms. The number of nitrogens with zero attached hydrogens (tertiary/aromatic N) is 5. The predicted molar refractivity (Wildman–Crippen MR) is 78.6 cm³/mol. The summed E-state index contributed by atoms with van der Waals surface area (Å²) in [5, 5.41) is 21.8. The van der Waals surface area contributed by atoms with Gasteiger partial charge in [0.25, 0.3) is 0 Å². The maximum atomic E-state index is 12.0. The van der Waals surface area contributed by atoms with Gasteiger partial charge in [0.2, 0.25) is 5.91 Å². The van der Waals surface area contributed by atoms with E-state index in [1.807, 2.05) is 0 Å². The van der Waals surface area contributed by atoms with Crippen LogP contribution < -0.4 is 5.32 Å². The van der Waals surface area contributed by atoms with Crippen molar-refractivity contribution in [3.05, 3.63) is 39.4 Å². The second-order valence-corrected chi connectivity index (χ2v) is 5.14. The van der Waals surface area contributed by atoms with Crippen molar-refractivity contribution in [1.29, 1.82) is 0 Å². The van der Waals surface area contributed by atoms with E-state index in [1.165, 1.54) is 21.8 Å². The first kappa shape index (κ1) is 16.0. The Bertz CT molecular complexity index is 675. The summed E-state index contributed by atoms with van der Waals surface area (Å²) < 4.78 is 2.89. The fraction of sp³-hybridized carbons (Fsp3) is 0.417. The number of amides is 1. The molecule has 9 nitrogen and oxygen atoms in total. The maximum absolute atomic E-state index is 12.0. The number of aryl methyl sites for hydroxylation is 1. The Morgan fingerprint density at radius 2 is 2.27 bits per heavy atom. The molecule has 2 heterocycles. The van der Waals surface area contributed by atoms with Crippen LogP contribution in [0.15, 0.2) is 18.6 Å². The third-order valence-electron chi connectivity index (χ3n) is 3.10. The van der Waals surface area contributed by atoms with Gasteiger partial charge in [-0.3, -0.25) is 24.3 Å². The van der Waals surface area contributed by atoms with Gasteiger partial charge in [-0.25, -0.2) is 0 Å². The van der Waals surface area contributed by atoms with E-state index in [4.69, 9.17) is 11.6 Å². The molecule has 0 unspecified atom stereocenters. The Morgan fingerprint density at radius 1 is 1.55 bits per heavy atom. The Labute approximate surface area is 131 Å². The molecule has 0 radical (unpaired) electrons. The fourth-order valence-corrected chi connectivity index (χ4v) is 1.93. The van der Waals surface area contributed by atoms with E-state index in [-0.39, 0.29) is 11.6 Å². The first-order valence-corrected chi connectivity index (χ1v) is 6.92. The van der Waals surface area contributed by atoms with Crippen LogP contribution in [0.25, 0.3) is 0 Å². The molecule has 10 heteroatoms. The quantitative estimate of drug-likeness (QED) is 0.636. The second-order valence-electron chi connectivity index (χ2n) is 4.73. The summed E-state index contributed by atoms with van der Waals surface area (Å²) in [7, 11) is 0. The molecule has 0 aromatic carbocycles. The zero-order valence-corrected chi connectivity index (χ0v) is 12.8. The van der Waals surface area contributed by atoms with Crippen LogP contribution in [0, 0.1) is 17.0 Å². The van der Waals surface area contributed by atoms with Crippen molar-refractivity contribution in [1.82, 2.24) is 24.9 Å². The molecule has 0 aliphatic heterocycles. The van der Waals surface area contributed by atoms with Crippen molar-refractivity contribution in [2.45, 2.75) is 26.4 Å². The number of hydrogen-bond acceptors (Lipinski definition) is 5. The molecular formula is C12H15ClN6O3. The maximum Gasteiger partial charge on any atom is 0.306 e. The molecule has 118 valence electrons. The Hall–Kier alpha value is -2.42. The van der Waals surface area contributed by atoms with Crippen LogP contribution in [0.2, 0.25) is 5.02 Å². The van der Waals surface area contributed by atoms with Crippen LogP contribution in [-0.4, -0.2) is 36.9 Å². The number of carbonyl (C=O) groups is 1. The third kappa shape index (κ3) is 3.61. The van der Waals surface area contributed by atoms with Gasteiger partial charge in [0.1, 0.15) is 18.4 Å². The highest BCUT2D eigenvalue weighted by Gasteiger charge is 2.17. The lowest BCUT2D eigenvalue weighted by molar-refractivity contribution is -0.385. The van der Waals surface area contributed by atoms with Crippen LogP contribution in [-0.2, 0) is 11.3 Å². The van der Waals surface area contributed by atoms with Crippen LogP contribution in [0.1, 0.15) is 18.7 Å². The van der Waals surface area contributed by atoms with Crippen LogP contribution in [0.5, 0.6) is 0 Å². The van der Waals surface area contributed by atoms with Crippen LogP contribution in [0.4, 0.5) is 5.69 Å². The number of halogens is 1. The standard InChI is InChI=1S/C12H15ClN6O3/c1-8-11(13)7-18(16-8)9(2)12(20)14-3-4-17-6-10(5-15-17)19(21)22/h5-7,9H,3-4H2,1-2H3,(H,14,20)/t9-/m1/s1. The zero-order chi connectivity index (χ0) is 16.3. The molecule has 2 aromatic heterocycles. The van der Waals surface area contributed by atoms with Gasteiger partial charge in [-0.1, -0.05) is 11.6 Å². The van der Waals surface area contributed by atoms with Crippen LogP contribution >= 0.6 is 11.6 Å². The number of nitro groups is 1. The summed E-state index contributed by atoms with van der Waals surface area (Å²) in [6.07, 6.45) is 4.07. The highest BCUT2D eigenvalue weighted by Crippen LogP contribution is 2.15. The summed E-state index contributed by atoms with van der Waals surface area (Å²) in [5.41, 5.74) is 0.575. The van der Waals surface area contributed by atoms with Crippen molar-refractivity contribution in [2.75, 3.05) is 6.54 Å². The van der Waals surface area contributed by atoms with E-state index in [2.05, 4.69) is 15.5 Å². The minimum absolute atomic E-state index is 0.0821.